The van der Waals surface area contributed by atoms with Gasteiger partial charge < -0.3 is 10.1 Å². The molecule has 1 heterocycles. The maximum absolute atomic E-state index is 11.1. The Hall–Kier alpha value is -2.37. The van der Waals surface area contributed by atoms with Crippen LogP contribution in [0.15, 0.2) is 24.4 Å². The number of rotatable bonds is 4. The molecule has 6 nitrogen and oxygen atoms in total. The van der Waals surface area contributed by atoms with Crippen LogP contribution >= 0.6 is 0 Å². The molecule has 18 heavy (non-hydrogen) atoms. The molecule has 0 spiro atoms. The van der Waals surface area contributed by atoms with Gasteiger partial charge in [-0.1, -0.05) is 6.92 Å². The van der Waals surface area contributed by atoms with Crippen molar-refractivity contribution in [3.05, 3.63) is 40.1 Å². The lowest BCUT2D eigenvalue weighted by Gasteiger charge is -2.07. The van der Waals surface area contributed by atoms with Gasteiger partial charge in [0.15, 0.2) is 0 Å². The third-order valence-corrected chi connectivity index (χ3v) is 2.99. The summed E-state index contributed by atoms with van der Waals surface area (Å²) in [5, 5.41) is 20.5. The zero-order valence-corrected chi connectivity index (χ0v) is 9.71. The van der Waals surface area contributed by atoms with Gasteiger partial charge in [0.1, 0.15) is 0 Å². The summed E-state index contributed by atoms with van der Waals surface area (Å²) in [7, 11) is 0. The maximum atomic E-state index is 11.1. The van der Waals surface area contributed by atoms with Crippen LogP contribution in [0.5, 0.6) is 0 Å². The number of carboxylic acid groups (broad SMARTS) is 1. The number of benzene rings is 1. The number of carbonyl (C=O) groups is 1. The first-order valence-electron chi connectivity index (χ1n) is 5.52. The molecule has 1 aromatic carbocycles. The Bertz CT molecular complexity index is 618. The van der Waals surface area contributed by atoms with Crippen LogP contribution in [-0.4, -0.2) is 21.0 Å². The van der Waals surface area contributed by atoms with Crippen LogP contribution in [0.4, 0.5) is 5.69 Å². The van der Waals surface area contributed by atoms with Gasteiger partial charge in [0.2, 0.25) is 0 Å². The van der Waals surface area contributed by atoms with Gasteiger partial charge in [-0.3, -0.25) is 14.9 Å². The summed E-state index contributed by atoms with van der Waals surface area (Å²) in [5.41, 5.74) is 1.25. The Labute approximate surface area is 102 Å². The summed E-state index contributed by atoms with van der Waals surface area (Å²) in [4.78, 5) is 24.3. The number of aromatic amines is 1. The summed E-state index contributed by atoms with van der Waals surface area (Å²) >= 11 is 0. The lowest BCUT2D eigenvalue weighted by molar-refractivity contribution is -0.384. The van der Waals surface area contributed by atoms with Crippen LogP contribution < -0.4 is 0 Å². The molecule has 2 N–H and O–H groups in total. The molecule has 94 valence electrons. The van der Waals surface area contributed by atoms with E-state index in [1.807, 2.05) is 0 Å². The minimum Gasteiger partial charge on any atom is -0.481 e. The predicted molar refractivity (Wildman–Crippen MR) is 65.6 cm³/mol. The van der Waals surface area contributed by atoms with Gasteiger partial charge in [-0.2, -0.15) is 0 Å². The monoisotopic (exact) mass is 248 g/mol. The molecule has 0 amide bonds. The molecule has 0 aliphatic carbocycles. The number of aliphatic carboxylic acids is 1. The molecule has 1 atom stereocenters. The molecule has 0 aliphatic rings. The van der Waals surface area contributed by atoms with E-state index in [-0.39, 0.29) is 5.69 Å². The summed E-state index contributed by atoms with van der Waals surface area (Å²) < 4.78 is 0. The number of nitro groups is 1. The fraction of sp³-hybridized carbons (Fsp3) is 0.250. The predicted octanol–water partition coefficient (Wildman–Crippen LogP) is 2.65. The Morgan fingerprint density at radius 1 is 1.56 bits per heavy atom. The molecule has 0 saturated carbocycles. The number of nitrogens with zero attached hydrogens (tertiary/aromatic N) is 1. The number of carboxylic acids is 1. The first-order valence-corrected chi connectivity index (χ1v) is 5.52. The fourth-order valence-electron chi connectivity index (χ4n) is 2.06. The van der Waals surface area contributed by atoms with E-state index >= 15 is 0 Å². The molecule has 2 rings (SSSR count). The largest absolute Gasteiger partial charge is 0.481 e. The van der Waals surface area contributed by atoms with Crippen molar-refractivity contribution in [3.8, 4) is 0 Å². The van der Waals surface area contributed by atoms with Gasteiger partial charge >= 0.3 is 5.97 Å². The van der Waals surface area contributed by atoms with Gasteiger partial charge in [-0.05, 0) is 18.1 Å². The summed E-state index contributed by atoms with van der Waals surface area (Å²) in [6.45, 7) is 1.77. The van der Waals surface area contributed by atoms with E-state index in [0.29, 0.717) is 22.9 Å². The van der Waals surface area contributed by atoms with E-state index in [1.165, 1.54) is 12.1 Å². The summed E-state index contributed by atoms with van der Waals surface area (Å²) in [6, 6.07) is 4.39. The second kappa shape index (κ2) is 4.48. The van der Waals surface area contributed by atoms with Crippen LogP contribution in [0, 0.1) is 10.1 Å². The highest BCUT2D eigenvalue weighted by Gasteiger charge is 2.22. The molecule has 0 bridgehead atoms. The molecular formula is C12H12N2O4. The van der Waals surface area contributed by atoms with Crippen molar-refractivity contribution in [1.82, 2.24) is 4.98 Å². The average Bonchev–Trinajstić information content (AvgIpc) is 2.73. The topological polar surface area (TPSA) is 96.2 Å². The van der Waals surface area contributed by atoms with Gasteiger partial charge in [0.25, 0.3) is 5.69 Å². The second-order valence-corrected chi connectivity index (χ2v) is 4.03. The van der Waals surface area contributed by atoms with E-state index in [4.69, 9.17) is 5.11 Å². The van der Waals surface area contributed by atoms with Crippen LogP contribution in [0.1, 0.15) is 24.8 Å². The van der Waals surface area contributed by atoms with Crippen LogP contribution in [0.2, 0.25) is 0 Å². The smallest absolute Gasteiger partial charge is 0.311 e. The summed E-state index contributed by atoms with van der Waals surface area (Å²) in [6.07, 6.45) is 2.04. The number of fused-ring (bicyclic) bond motifs is 1. The molecule has 1 aromatic heterocycles. The van der Waals surface area contributed by atoms with Crippen LogP contribution in [0.25, 0.3) is 10.9 Å². The van der Waals surface area contributed by atoms with Gasteiger partial charge in [-0.15, -0.1) is 0 Å². The molecule has 0 radical (unpaired) electrons. The third-order valence-electron chi connectivity index (χ3n) is 2.99. The van der Waals surface area contributed by atoms with E-state index in [0.717, 1.165) is 0 Å². The van der Waals surface area contributed by atoms with Crippen molar-refractivity contribution in [2.75, 3.05) is 0 Å². The third kappa shape index (κ3) is 1.92. The molecule has 0 aliphatic heterocycles. The number of H-pyrrole nitrogens is 1. The van der Waals surface area contributed by atoms with E-state index in [1.54, 1.807) is 19.2 Å². The van der Waals surface area contributed by atoms with Crippen molar-refractivity contribution >= 4 is 22.6 Å². The molecule has 2 aromatic rings. The first kappa shape index (κ1) is 12.1. The Balaban J connectivity index is 2.61. The maximum Gasteiger partial charge on any atom is 0.311 e. The molecule has 0 fully saturated rings. The Kier molecular flexibility index (Phi) is 3.01. The van der Waals surface area contributed by atoms with E-state index in [9.17, 15) is 14.9 Å². The van der Waals surface area contributed by atoms with Crippen molar-refractivity contribution in [1.29, 1.82) is 0 Å². The number of non-ortho nitro benzene ring substituents is 1. The van der Waals surface area contributed by atoms with Gasteiger partial charge in [0.05, 0.1) is 10.8 Å². The lowest BCUT2D eigenvalue weighted by Crippen LogP contribution is -2.09. The number of hydrogen-bond donors (Lipinski definition) is 2. The molecule has 0 saturated heterocycles. The highest BCUT2D eigenvalue weighted by Crippen LogP contribution is 2.30. The minimum atomic E-state index is -0.926. The molecule has 6 heteroatoms. The fourth-order valence-corrected chi connectivity index (χ4v) is 2.06. The number of hydrogen-bond acceptors (Lipinski definition) is 3. The highest BCUT2D eigenvalue weighted by atomic mass is 16.6. The Morgan fingerprint density at radius 3 is 2.83 bits per heavy atom. The zero-order chi connectivity index (χ0) is 13.3. The standard InChI is InChI=1S/C12H12N2O4/c1-2-8(12(15)16)10-6-13-11-4-3-7(14(17)18)5-9(10)11/h3-6,8,13H,2H2,1H3,(H,15,16). The zero-order valence-electron chi connectivity index (χ0n) is 9.71. The first-order chi connectivity index (χ1) is 8.54. The lowest BCUT2D eigenvalue weighted by atomic mass is 9.96. The quantitative estimate of drug-likeness (QED) is 0.642. The van der Waals surface area contributed by atoms with Gasteiger partial charge in [0, 0.05) is 29.2 Å². The molecule has 1 unspecified atom stereocenters. The minimum absolute atomic E-state index is 0.0383. The van der Waals surface area contributed by atoms with Crippen molar-refractivity contribution in [2.45, 2.75) is 19.3 Å². The van der Waals surface area contributed by atoms with Crippen LogP contribution in [0.3, 0.4) is 0 Å². The number of aromatic nitrogens is 1. The van der Waals surface area contributed by atoms with Crippen molar-refractivity contribution in [2.24, 2.45) is 0 Å². The SMILES string of the molecule is CCC(C(=O)O)c1c[nH]c2ccc([N+](=O)[O-])cc12. The average molecular weight is 248 g/mol. The summed E-state index contributed by atoms with van der Waals surface area (Å²) in [5.74, 6) is -1.58. The number of nitrogens with one attached hydrogen (secondary N) is 1. The Morgan fingerprint density at radius 2 is 2.28 bits per heavy atom. The van der Waals surface area contributed by atoms with Crippen molar-refractivity contribution < 1.29 is 14.8 Å². The van der Waals surface area contributed by atoms with Crippen LogP contribution in [-0.2, 0) is 4.79 Å². The van der Waals surface area contributed by atoms with Crippen molar-refractivity contribution in [3.63, 3.8) is 0 Å². The highest BCUT2D eigenvalue weighted by molar-refractivity contribution is 5.90. The van der Waals surface area contributed by atoms with E-state index in [2.05, 4.69) is 4.98 Å². The van der Waals surface area contributed by atoms with Gasteiger partial charge in [-0.25, -0.2) is 0 Å². The number of nitro benzene ring substituents is 1. The van der Waals surface area contributed by atoms with E-state index < -0.39 is 16.8 Å². The second-order valence-electron chi connectivity index (χ2n) is 4.03. The normalized spacial score (nSPS) is 12.5. The molecular weight excluding hydrogens is 236 g/mol.